The van der Waals surface area contributed by atoms with Crippen molar-refractivity contribution in [3.8, 4) is 0 Å². The molecule has 0 N–H and O–H groups in total. The smallest absolute Gasteiger partial charge is 0.0682 e. The third kappa shape index (κ3) is 6.66. The van der Waals surface area contributed by atoms with Gasteiger partial charge in [0.1, 0.15) is 0 Å². The maximum absolute atomic E-state index is 2.55. The molecule has 0 radical (unpaired) electrons. The van der Waals surface area contributed by atoms with Crippen LogP contribution in [0.15, 0.2) is 72.4 Å². The van der Waals surface area contributed by atoms with Gasteiger partial charge in [-0.25, -0.2) is 0 Å². The first-order chi connectivity index (χ1) is 12.0. The Morgan fingerprint density at radius 3 is 1.76 bits per heavy atom. The minimum atomic E-state index is -1.20. The predicted octanol–water partition coefficient (Wildman–Crippen LogP) is 7.45. The van der Waals surface area contributed by atoms with Gasteiger partial charge in [0, 0.05) is 5.92 Å². The molecule has 0 aliphatic carbocycles. The minimum Gasteiger partial charge on any atom is -0.0986 e. The van der Waals surface area contributed by atoms with Gasteiger partial charge in [0.2, 0.25) is 0 Å². The van der Waals surface area contributed by atoms with Gasteiger partial charge in [-0.3, -0.25) is 0 Å². The van der Waals surface area contributed by atoms with E-state index in [1.807, 2.05) is 0 Å². The second-order valence-electron chi connectivity index (χ2n) is 8.18. The summed E-state index contributed by atoms with van der Waals surface area (Å²) in [7, 11) is -1.20. The number of unbranched alkanes of at least 4 members (excludes halogenated alkanes) is 2. The van der Waals surface area contributed by atoms with E-state index in [1.54, 1.807) is 0 Å². The lowest BCUT2D eigenvalue weighted by molar-refractivity contribution is 0.492. The summed E-state index contributed by atoms with van der Waals surface area (Å²) in [5.41, 5.74) is 5.42. The average molecular weight is 351 g/mol. The van der Waals surface area contributed by atoms with Gasteiger partial charge >= 0.3 is 0 Å². The van der Waals surface area contributed by atoms with Crippen LogP contribution in [-0.2, 0) is 0 Å². The molecule has 1 atom stereocenters. The molecule has 2 rings (SSSR count). The van der Waals surface area contributed by atoms with Gasteiger partial charge in [-0.1, -0.05) is 118 Å². The van der Waals surface area contributed by atoms with Gasteiger partial charge in [-0.2, -0.15) is 0 Å². The maximum atomic E-state index is 2.55. The van der Waals surface area contributed by atoms with Gasteiger partial charge in [0.25, 0.3) is 0 Å². The van der Waals surface area contributed by atoms with Crippen molar-refractivity contribution in [2.24, 2.45) is 5.92 Å². The number of allylic oxidation sites excluding steroid dienone is 1. The summed E-state index contributed by atoms with van der Waals surface area (Å²) in [4.78, 5) is 0. The minimum absolute atomic E-state index is 0.451. The first-order valence-corrected chi connectivity index (χ1v) is 13.4. The van der Waals surface area contributed by atoms with Crippen LogP contribution >= 0.6 is 0 Å². The number of benzene rings is 2. The molecule has 0 saturated heterocycles. The molecule has 134 valence electrons. The molecule has 2 aromatic rings. The number of hydrogen-bond donors (Lipinski definition) is 0. The summed E-state index contributed by atoms with van der Waals surface area (Å²) >= 11 is 0. The monoisotopic (exact) mass is 350 g/mol. The van der Waals surface area contributed by atoms with Crippen molar-refractivity contribution in [1.82, 2.24) is 0 Å². The van der Waals surface area contributed by atoms with Crippen LogP contribution in [-0.4, -0.2) is 8.07 Å². The molecule has 0 aromatic heterocycles. The molecular weight excluding hydrogens is 316 g/mol. The first-order valence-electron chi connectivity index (χ1n) is 9.80. The van der Waals surface area contributed by atoms with E-state index in [2.05, 4.69) is 99.0 Å². The molecule has 1 heteroatoms. The molecular formula is C24H34Si. The van der Waals surface area contributed by atoms with Gasteiger partial charge < -0.3 is 0 Å². The van der Waals surface area contributed by atoms with Crippen LogP contribution in [0, 0.1) is 5.92 Å². The van der Waals surface area contributed by atoms with Crippen LogP contribution in [0.1, 0.15) is 49.7 Å². The Kier molecular flexibility index (Phi) is 7.71. The van der Waals surface area contributed by atoms with Crippen molar-refractivity contribution in [2.75, 3.05) is 0 Å². The van der Waals surface area contributed by atoms with Gasteiger partial charge in [0.05, 0.1) is 8.07 Å². The molecule has 0 heterocycles. The van der Waals surface area contributed by atoms with E-state index in [-0.39, 0.29) is 0 Å². The molecule has 25 heavy (non-hydrogen) atoms. The molecule has 0 aliphatic rings. The lowest BCUT2D eigenvalue weighted by Crippen LogP contribution is -2.19. The van der Waals surface area contributed by atoms with E-state index >= 15 is 0 Å². The highest BCUT2D eigenvalue weighted by Crippen LogP contribution is 2.36. The van der Waals surface area contributed by atoms with E-state index in [4.69, 9.17) is 0 Å². The van der Waals surface area contributed by atoms with Crippen LogP contribution in [0.3, 0.4) is 0 Å². The Hall–Kier alpha value is -1.60. The van der Waals surface area contributed by atoms with Crippen LogP contribution in [0.4, 0.5) is 0 Å². The SMILES string of the molecule is CCCCCC(/C=C/[Si](C)(C)C)C(c1ccccc1)c1ccccc1. The van der Waals surface area contributed by atoms with Crippen molar-refractivity contribution in [2.45, 2.75) is 58.2 Å². The second-order valence-corrected chi connectivity index (χ2v) is 13.2. The normalized spacial score (nSPS) is 13.5. The Bertz CT molecular complexity index is 583. The molecule has 2 aromatic carbocycles. The fourth-order valence-electron chi connectivity index (χ4n) is 3.42. The molecule has 0 saturated carbocycles. The molecule has 1 unspecified atom stereocenters. The summed E-state index contributed by atoms with van der Waals surface area (Å²) in [6.07, 6.45) is 7.74. The van der Waals surface area contributed by atoms with Gasteiger partial charge in [0.15, 0.2) is 0 Å². The van der Waals surface area contributed by atoms with Crippen LogP contribution in [0.2, 0.25) is 19.6 Å². The van der Waals surface area contributed by atoms with Gasteiger partial charge in [-0.05, 0) is 23.5 Å². The zero-order chi connectivity index (χ0) is 18.1. The van der Waals surface area contributed by atoms with Gasteiger partial charge in [-0.15, -0.1) is 0 Å². The topological polar surface area (TPSA) is 0 Å². The fraction of sp³-hybridized carbons (Fsp3) is 0.417. The molecule has 0 aliphatic heterocycles. The summed E-state index contributed by atoms with van der Waals surface area (Å²) in [6.45, 7) is 9.56. The Labute approximate surface area is 156 Å². The third-order valence-corrected chi connectivity index (χ3v) is 5.92. The predicted molar refractivity (Wildman–Crippen MR) is 115 cm³/mol. The van der Waals surface area contributed by atoms with E-state index in [0.717, 1.165) is 0 Å². The summed E-state index contributed by atoms with van der Waals surface area (Å²) in [5.74, 6) is 1.02. The summed E-state index contributed by atoms with van der Waals surface area (Å²) in [6, 6.07) is 22.1. The van der Waals surface area contributed by atoms with Crippen molar-refractivity contribution in [1.29, 1.82) is 0 Å². The third-order valence-electron chi connectivity index (χ3n) is 4.73. The Morgan fingerprint density at radius 1 is 0.800 bits per heavy atom. The largest absolute Gasteiger partial charge is 0.0986 e. The van der Waals surface area contributed by atoms with Crippen LogP contribution < -0.4 is 0 Å². The van der Waals surface area contributed by atoms with E-state index in [1.165, 1.54) is 36.8 Å². The zero-order valence-electron chi connectivity index (χ0n) is 16.4. The number of rotatable bonds is 9. The average Bonchev–Trinajstić information content (AvgIpc) is 2.61. The highest BCUT2D eigenvalue weighted by molar-refractivity contribution is 6.80. The van der Waals surface area contributed by atoms with E-state index in [0.29, 0.717) is 11.8 Å². The van der Waals surface area contributed by atoms with Crippen molar-refractivity contribution >= 4 is 8.07 Å². The van der Waals surface area contributed by atoms with Crippen molar-refractivity contribution < 1.29 is 0 Å². The van der Waals surface area contributed by atoms with E-state index < -0.39 is 8.07 Å². The van der Waals surface area contributed by atoms with E-state index in [9.17, 15) is 0 Å². The molecule has 0 bridgehead atoms. The Morgan fingerprint density at radius 2 is 1.32 bits per heavy atom. The fourth-order valence-corrected chi connectivity index (χ4v) is 4.25. The Balaban J connectivity index is 2.39. The molecule has 0 fully saturated rings. The molecule has 0 amide bonds. The highest BCUT2D eigenvalue weighted by atomic mass is 28.3. The van der Waals surface area contributed by atoms with Crippen molar-refractivity contribution in [3.05, 3.63) is 83.6 Å². The quantitative estimate of drug-likeness (QED) is 0.325. The lowest BCUT2D eigenvalue weighted by Gasteiger charge is -2.27. The first kappa shape index (κ1) is 19.7. The molecule has 0 spiro atoms. The summed E-state index contributed by atoms with van der Waals surface area (Å²) in [5, 5.41) is 0. The van der Waals surface area contributed by atoms with Crippen LogP contribution in [0.5, 0.6) is 0 Å². The molecule has 0 nitrogen and oxygen atoms in total. The standard InChI is InChI=1S/C24H34Si/c1-5-6-9-14-23(19-20-25(2,3)4)24(21-15-10-7-11-16-21)22-17-12-8-13-18-22/h7-8,10-13,15-20,23-24H,5-6,9,14H2,1-4H3/b20-19+. The summed E-state index contributed by atoms with van der Waals surface area (Å²) < 4.78 is 0. The zero-order valence-corrected chi connectivity index (χ0v) is 17.4. The number of hydrogen-bond acceptors (Lipinski definition) is 0. The lowest BCUT2D eigenvalue weighted by atomic mass is 9.78. The maximum Gasteiger partial charge on any atom is 0.0682 e. The van der Waals surface area contributed by atoms with Crippen LogP contribution in [0.25, 0.3) is 0 Å². The second kappa shape index (κ2) is 9.77. The van der Waals surface area contributed by atoms with Crippen molar-refractivity contribution in [3.63, 3.8) is 0 Å². The highest BCUT2D eigenvalue weighted by Gasteiger charge is 2.23.